The van der Waals surface area contributed by atoms with Crippen LogP contribution in [0, 0.1) is 0 Å². The summed E-state index contributed by atoms with van der Waals surface area (Å²) in [6, 6.07) is 5.13. The van der Waals surface area contributed by atoms with Gasteiger partial charge in [0.2, 0.25) is 5.95 Å². The molecule has 0 bridgehead atoms. The van der Waals surface area contributed by atoms with Gasteiger partial charge in [-0.2, -0.15) is 9.97 Å². The highest BCUT2D eigenvalue weighted by Crippen LogP contribution is 2.30. The van der Waals surface area contributed by atoms with Crippen LogP contribution in [-0.4, -0.2) is 36.3 Å². The Hall–Kier alpha value is -2.77. The molecule has 0 fully saturated rings. The van der Waals surface area contributed by atoms with E-state index in [1.807, 2.05) is 0 Å². The average molecular weight is 278 g/mol. The molecule has 0 spiro atoms. The minimum absolute atomic E-state index is 0.00158. The molecule has 2 rings (SSSR count). The van der Waals surface area contributed by atoms with Crippen LogP contribution in [0.15, 0.2) is 18.2 Å². The van der Waals surface area contributed by atoms with Crippen LogP contribution in [0.25, 0.3) is 0 Å². The normalized spacial score (nSPS) is 9.95. The number of hydrogen-bond acceptors (Lipinski definition) is 8. The van der Waals surface area contributed by atoms with Gasteiger partial charge in [0.05, 0.1) is 21.3 Å². The van der Waals surface area contributed by atoms with E-state index in [1.54, 1.807) is 32.4 Å². The van der Waals surface area contributed by atoms with Gasteiger partial charge in [-0.05, 0) is 0 Å². The highest BCUT2D eigenvalue weighted by Gasteiger charge is 2.09. The molecule has 2 N–H and O–H groups in total. The first-order chi connectivity index (χ1) is 9.64. The van der Waals surface area contributed by atoms with Crippen LogP contribution < -0.4 is 24.7 Å². The van der Waals surface area contributed by atoms with Crippen molar-refractivity contribution in [2.45, 2.75) is 0 Å². The largest absolute Gasteiger partial charge is 0.496 e. The van der Waals surface area contributed by atoms with Crippen LogP contribution in [0.5, 0.6) is 29.3 Å². The van der Waals surface area contributed by atoms with Gasteiger partial charge in [0.1, 0.15) is 17.2 Å². The molecule has 2 aromatic rings. The standard InChI is InChI=1S/C12H14N4O4/c1-17-7-4-8(18-2)6-9(5-7)20-12-15-10(13)14-11(16-12)19-3/h4-6H,1-3H3,(H2,13,14,15,16). The Morgan fingerprint density at radius 2 is 1.30 bits per heavy atom. The number of nitrogens with two attached hydrogens (primary N) is 1. The number of ether oxygens (including phenoxy) is 4. The fourth-order valence-corrected chi connectivity index (χ4v) is 1.44. The Bertz CT molecular complexity index is 584. The van der Waals surface area contributed by atoms with Crippen LogP contribution in [0.3, 0.4) is 0 Å². The maximum absolute atomic E-state index is 5.53. The predicted octanol–water partition coefficient (Wildman–Crippen LogP) is 1.27. The van der Waals surface area contributed by atoms with E-state index in [2.05, 4.69) is 15.0 Å². The van der Waals surface area contributed by atoms with Crippen LogP contribution in [-0.2, 0) is 0 Å². The average Bonchev–Trinajstić information content (AvgIpc) is 2.46. The van der Waals surface area contributed by atoms with Crippen molar-refractivity contribution in [3.05, 3.63) is 18.2 Å². The smallest absolute Gasteiger partial charge is 0.330 e. The highest BCUT2D eigenvalue weighted by atomic mass is 16.5. The minimum atomic E-state index is 0.00158. The van der Waals surface area contributed by atoms with Gasteiger partial charge in [0.15, 0.2) is 0 Å². The molecule has 0 unspecified atom stereocenters. The van der Waals surface area contributed by atoms with Crippen molar-refractivity contribution in [1.29, 1.82) is 0 Å². The topological polar surface area (TPSA) is 102 Å². The molecule has 0 atom stereocenters. The van der Waals surface area contributed by atoms with Crippen molar-refractivity contribution in [3.63, 3.8) is 0 Å². The molecule has 1 aromatic carbocycles. The Balaban J connectivity index is 2.31. The van der Waals surface area contributed by atoms with E-state index < -0.39 is 0 Å². The molecule has 0 aliphatic carbocycles. The number of anilines is 1. The maximum atomic E-state index is 5.53. The van der Waals surface area contributed by atoms with Gasteiger partial charge in [0, 0.05) is 18.2 Å². The Labute approximate surface area is 115 Å². The summed E-state index contributed by atoms with van der Waals surface area (Å²) < 4.78 is 20.7. The molecule has 0 aliphatic heterocycles. The molecule has 106 valence electrons. The van der Waals surface area contributed by atoms with Gasteiger partial charge in [-0.15, -0.1) is 4.98 Å². The van der Waals surface area contributed by atoms with E-state index >= 15 is 0 Å². The molecule has 20 heavy (non-hydrogen) atoms. The second-order valence-corrected chi connectivity index (χ2v) is 3.61. The predicted molar refractivity (Wildman–Crippen MR) is 70.4 cm³/mol. The van der Waals surface area contributed by atoms with Gasteiger partial charge >= 0.3 is 12.0 Å². The number of hydrogen-bond donors (Lipinski definition) is 1. The van der Waals surface area contributed by atoms with Crippen molar-refractivity contribution < 1.29 is 18.9 Å². The van der Waals surface area contributed by atoms with Crippen molar-refractivity contribution >= 4 is 5.95 Å². The second kappa shape index (κ2) is 5.91. The summed E-state index contributed by atoms with van der Waals surface area (Å²) in [5.41, 5.74) is 5.53. The zero-order valence-electron chi connectivity index (χ0n) is 11.3. The van der Waals surface area contributed by atoms with E-state index in [0.29, 0.717) is 17.2 Å². The van der Waals surface area contributed by atoms with Crippen molar-refractivity contribution in [2.75, 3.05) is 27.1 Å². The maximum Gasteiger partial charge on any atom is 0.330 e. The van der Waals surface area contributed by atoms with E-state index in [-0.39, 0.29) is 18.0 Å². The fraction of sp³-hybridized carbons (Fsp3) is 0.250. The summed E-state index contributed by atoms with van der Waals surface area (Å²) in [6.07, 6.45) is 0. The lowest BCUT2D eigenvalue weighted by atomic mass is 10.3. The molecule has 0 aliphatic rings. The van der Waals surface area contributed by atoms with E-state index in [4.69, 9.17) is 24.7 Å². The third-order valence-corrected chi connectivity index (χ3v) is 2.33. The zero-order chi connectivity index (χ0) is 14.5. The van der Waals surface area contributed by atoms with Gasteiger partial charge in [-0.3, -0.25) is 0 Å². The summed E-state index contributed by atoms with van der Waals surface area (Å²) in [5, 5.41) is 0. The third-order valence-electron chi connectivity index (χ3n) is 2.33. The lowest BCUT2D eigenvalue weighted by Gasteiger charge is -2.09. The number of aromatic nitrogens is 3. The molecule has 0 radical (unpaired) electrons. The summed E-state index contributed by atoms with van der Waals surface area (Å²) in [6.45, 7) is 0. The van der Waals surface area contributed by atoms with Crippen LogP contribution >= 0.6 is 0 Å². The third kappa shape index (κ3) is 3.16. The van der Waals surface area contributed by atoms with Crippen LogP contribution in [0.4, 0.5) is 5.95 Å². The van der Waals surface area contributed by atoms with Crippen molar-refractivity contribution in [1.82, 2.24) is 15.0 Å². The molecular weight excluding hydrogens is 264 g/mol. The fourth-order valence-electron chi connectivity index (χ4n) is 1.44. The van der Waals surface area contributed by atoms with Gasteiger partial charge in [-0.25, -0.2) is 0 Å². The number of rotatable bonds is 5. The SMILES string of the molecule is COc1cc(OC)cc(Oc2nc(N)nc(OC)n2)c1. The first-order valence-electron chi connectivity index (χ1n) is 5.61. The van der Waals surface area contributed by atoms with E-state index in [9.17, 15) is 0 Å². The van der Waals surface area contributed by atoms with Crippen molar-refractivity contribution in [2.24, 2.45) is 0 Å². The summed E-state index contributed by atoms with van der Waals surface area (Å²) >= 11 is 0. The summed E-state index contributed by atoms with van der Waals surface area (Å²) in [5.74, 6) is 1.59. The molecule has 0 saturated heterocycles. The Morgan fingerprint density at radius 1 is 0.750 bits per heavy atom. The highest BCUT2D eigenvalue weighted by molar-refractivity contribution is 5.43. The van der Waals surface area contributed by atoms with Crippen LogP contribution in [0.2, 0.25) is 0 Å². The Morgan fingerprint density at radius 3 is 1.85 bits per heavy atom. The lowest BCUT2D eigenvalue weighted by molar-refractivity contribution is 0.356. The minimum Gasteiger partial charge on any atom is -0.496 e. The second-order valence-electron chi connectivity index (χ2n) is 3.61. The summed E-state index contributed by atoms with van der Waals surface area (Å²) in [4.78, 5) is 11.6. The van der Waals surface area contributed by atoms with Crippen molar-refractivity contribution in [3.8, 4) is 29.3 Å². The van der Waals surface area contributed by atoms with E-state index in [1.165, 1.54) is 7.11 Å². The first kappa shape index (κ1) is 13.7. The molecule has 0 saturated carbocycles. The lowest BCUT2D eigenvalue weighted by Crippen LogP contribution is -2.03. The van der Waals surface area contributed by atoms with Crippen LogP contribution in [0.1, 0.15) is 0 Å². The summed E-state index contributed by atoms with van der Waals surface area (Å²) in [7, 11) is 4.51. The van der Waals surface area contributed by atoms with Gasteiger partial charge in [-0.1, -0.05) is 0 Å². The van der Waals surface area contributed by atoms with E-state index in [0.717, 1.165) is 0 Å². The molecule has 1 heterocycles. The Kier molecular flexibility index (Phi) is 4.04. The molecule has 1 aromatic heterocycles. The number of methoxy groups -OCH3 is 3. The molecule has 8 heteroatoms. The monoisotopic (exact) mass is 278 g/mol. The quantitative estimate of drug-likeness (QED) is 0.872. The zero-order valence-corrected chi connectivity index (χ0v) is 11.3. The van der Waals surface area contributed by atoms with Gasteiger partial charge < -0.3 is 24.7 Å². The number of nitrogen functional groups attached to an aromatic ring is 1. The number of benzene rings is 1. The molecule has 8 nitrogen and oxygen atoms in total. The number of nitrogens with zero attached hydrogens (tertiary/aromatic N) is 3. The molecular formula is C12H14N4O4. The molecule has 0 amide bonds. The van der Waals surface area contributed by atoms with Gasteiger partial charge in [0.25, 0.3) is 0 Å². The first-order valence-corrected chi connectivity index (χ1v) is 5.61.